The van der Waals surface area contributed by atoms with Gasteiger partial charge in [-0.2, -0.15) is 5.26 Å². The second-order valence-corrected chi connectivity index (χ2v) is 5.20. The number of nitro groups is 1. The second-order valence-electron chi connectivity index (χ2n) is 4.80. The average molecular weight is 310 g/mol. The van der Waals surface area contributed by atoms with E-state index in [0.717, 1.165) is 0 Å². The van der Waals surface area contributed by atoms with Gasteiger partial charge < -0.3 is 5.32 Å². The summed E-state index contributed by atoms with van der Waals surface area (Å²) in [6, 6.07) is 5.74. The molecule has 1 aromatic rings. The molecule has 1 aromatic carbocycles. The predicted octanol–water partition coefficient (Wildman–Crippen LogP) is 3.23. The molecular formula is C14H16ClN3O3. The summed E-state index contributed by atoms with van der Waals surface area (Å²) in [4.78, 5) is 22.4. The smallest absolute Gasteiger partial charge is 0.224 e. The summed E-state index contributed by atoms with van der Waals surface area (Å²) in [5.41, 5.74) is 0.785. The number of nitrogens with zero attached hydrogens (tertiary/aromatic N) is 2. The fourth-order valence-corrected chi connectivity index (χ4v) is 2.31. The molecule has 6 nitrogen and oxygen atoms in total. The van der Waals surface area contributed by atoms with E-state index >= 15 is 0 Å². The molecule has 0 aliphatic carbocycles. The minimum Gasteiger partial charge on any atom is -0.326 e. The third kappa shape index (κ3) is 4.72. The van der Waals surface area contributed by atoms with Gasteiger partial charge in [-0.15, -0.1) is 0 Å². The van der Waals surface area contributed by atoms with Gasteiger partial charge in [0.15, 0.2) is 0 Å². The largest absolute Gasteiger partial charge is 0.326 e. The third-order valence-electron chi connectivity index (χ3n) is 3.23. The van der Waals surface area contributed by atoms with Crippen molar-refractivity contribution in [2.24, 2.45) is 5.92 Å². The molecule has 0 radical (unpaired) electrons. The number of halogens is 1. The van der Waals surface area contributed by atoms with Crippen molar-refractivity contribution in [3.05, 3.63) is 38.9 Å². The number of nitriles is 1. The van der Waals surface area contributed by atoms with E-state index in [1.807, 2.05) is 6.07 Å². The molecule has 0 aliphatic heterocycles. The minimum absolute atomic E-state index is 0.0527. The van der Waals surface area contributed by atoms with Crippen LogP contribution in [0.3, 0.4) is 0 Å². The zero-order valence-electron chi connectivity index (χ0n) is 11.8. The molecule has 0 saturated carbocycles. The molecule has 0 aromatic heterocycles. The Morgan fingerprint density at radius 1 is 1.57 bits per heavy atom. The molecule has 21 heavy (non-hydrogen) atoms. The van der Waals surface area contributed by atoms with E-state index in [4.69, 9.17) is 16.9 Å². The van der Waals surface area contributed by atoms with Gasteiger partial charge in [0, 0.05) is 29.4 Å². The Morgan fingerprint density at radius 2 is 2.24 bits per heavy atom. The lowest BCUT2D eigenvalue weighted by Gasteiger charge is -2.15. The standard InChI is InChI=1S/C14H16ClN3O3/c1-3-13(18(20)21)9(2)6-14(19)17-11-5-4-10(8-16)12(15)7-11/h4-5,7,9,13H,3,6H2,1-2H3,(H,17,19). The maximum atomic E-state index is 11.9. The van der Waals surface area contributed by atoms with Crippen LogP contribution >= 0.6 is 11.6 Å². The maximum Gasteiger partial charge on any atom is 0.224 e. The first-order valence-corrected chi connectivity index (χ1v) is 6.89. The molecule has 1 N–H and O–H groups in total. The molecule has 0 heterocycles. The van der Waals surface area contributed by atoms with Crippen molar-refractivity contribution in [1.82, 2.24) is 0 Å². The Kier molecular flexibility index (Phi) is 6.12. The van der Waals surface area contributed by atoms with Gasteiger partial charge in [0.05, 0.1) is 10.6 Å². The molecule has 0 fully saturated rings. The Bertz CT molecular complexity index is 583. The van der Waals surface area contributed by atoms with Gasteiger partial charge in [-0.1, -0.05) is 25.4 Å². The first-order valence-electron chi connectivity index (χ1n) is 6.52. The molecule has 0 bridgehead atoms. The monoisotopic (exact) mass is 309 g/mol. The third-order valence-corrected chi connectivity index (χ3v) is 3.54. The molecule has 2 atom stereocenters. The molecule has 112 valence electrons. The highest BCUT2D eigenvalue weighted by atomic mass is 35.5. The lowest BCUT2D eigenvalue weighted by molar-refractivity contribution is -0.531. The fraction of sp³-hybridized carbons (Fsp3) is 0.429. The number of nitrogens with one attached hydrogen (secondary N) is 1. The van der Waals surface area contributed by atoms with Crippen molar-refractivity contribution in [1.29, 1.82) is 5.26 Å². The topological polar surface area (TPSA) is 96.0 Å². The Hall–Kier alpha value is -2.13. The minimum atomic E-state index is -0.736. The van der Waals surface area contributed by atoms with E-state index in [0.29, 0.717) is 17.7 Å². The van der Waals surface area contributed by atoms with Gasteiger partial charge >= 0.3 is 0 Å². The number of carbonyl (C=O) groups excluding carboxylic acids is 1. The first kappa shape index (κ1) is 16.9. The Balaban J connectivity index is 2.68. The van der Waals surface area contributed by atoms with Crippen LogP contribution < -0.4 is 5.32 Å². The summed E-state index contributed by atoms with van der Waals surface area (Å²) in [5, 5.41) is 22.5. The SMILES string of the molecule is CCC(C(C)CC(=O)Nc1ccc(C#N)c(Cl)c1)[N+](=O)[O-]. The summed E-state index contributed by atoms with van der Waals surface area (Å²) in [5.74, 6) is -0.678. The van der Waals surface area contributed by atoms with Crippen LogP contribution in [0.15, 0.2) is 18.2 Å². The van der Waals surface area contributed by atoms with Crippen LogP contribution in [0.2, 0.25) is 5.02 Å². The Labute approximate surface area is 127 Å². The van der Waals surface area contributed by atoms with Crippen LogP contribution in [-0.2, 0) is 4.79 Å². The lowest BCUT2D eigenvalue weighted by Crippen LogP contribution is -2.29. The number of benzene rings is 1. The zero-order valence-corrected chi connectivity index (χ0v) is 12.6. The van der Waals surface area contributed by atoms with Crippen molar-refractivity contribution in [2.75, 3.05) is 5.32 Å². The van der Waals surface area contributed by atoms with Crippen molar-refractivity contribution in [3.8, 4) is 6.07 Å². The summed E-state index contributed by atoms with van der Waals surface area (Å²) < 4.78 is 0. The van der Waals surface area contributed by atoms with Crippen molar-refractivity contribution in [2.45, 2.75) is 32.7 Å². The highest BCUT2D eigenvalue weighted by Crippen LogP contribution is 2.21. The summed E-state index contributed by atoms with van der Waals surface area (Å²) in [7, 11) is 0. The predicted molar refractivity (Wildman–Crippen MR) is 79.7 cm³/mol. The van der Waals surface area contributed by atoms with Gasteiger partial charge in [0.2, 0.25) is 11.9 Å². The summed E-state index contributed by atoms with van der Waals surface area (Å²) in [6.45, 7) is 3.41. The number of rotatable bonds is 6. The number of hydrogen-bond acceptors (Lipinski definition) is 4. The van der Waals surface area contributed by atoms with Crippen LogP contribution in [0.1, 0.15) is 32.3 Å². The number of hydrogen-bond donors (Lipinski definition) is 1. The van der Waals surface area contributed by atoms with Gasteiger partial charge in [-0.05, 0) is 18.2 Å². The van der Waals surface area contributed by atoms with Crippen LogP contribution in [-0.4, -0.2) is 16.9 Å². The fourth-order valence-electron chi connectivity index (χ4n) is 2.08. The van der Waals surface area contributed by atoms with Crippen LogP contribution in [0.25, 0.3) is 0 Å². The molecule has 7 heteroatoms. The van der Waals surface area contributed by atoms with E-state index in [1.54, 1.807) is 19.9 Å². The maximum absolute atomic E-state index is 11.9. The van der Waals surface area contributed by atoms with Gasteiger partial charge in [0.25, 0.3) is 0 Å². The van der Waals surface area contributed by atoms with Crippen LogP contribution in [0.5, 0.6) is 0 Å². The molecule has 0 aliphatic rings. The van der Waals surface area contributed by atoms with Crippen molar-refractivity contribution in [3.63, 3.8) is 0 Å². The molecular weight excluding hydrogens is 294 g/mol. The van der Waals surface area contributed by atoms with E-state index in [-0.39, 0.29) is 28.2 Å². The summed E-state index contributed by atoms with van der Waals surface area (Å²) >= 11 is 5.87. The second kappa shape index (κ2) is 7.60. The van der Waals surface area contributed by atoms with E-state index in [9.17, 15) is 14.9 Å². The molecule has 1 rings (SSSR count). The highest BCUT2D eigenvalue weighted by molar-refractivity contribution is 6.32. The van der Waals surface area contributed by atoms with Gasteiger partial charge in [-0.3, -0.25) is 14.9 Å². The van der Waals surface area contributed by atoms with E-state index in [1.165, 1.54) is 12.1 Å². The number of amides is 1. The Morgan fingerprint density at radius 3 is 2.71 bits per heavy atom. The highest BCUT2D eigenvalue weighted by Gasteiger charge is 2.27. The quantitative estimate of drug-likeness (QED) is 0.644. The number of carbonyl (C=O) groups is 1. The van der Waals surface area contributed by atoms with E-state index < -0.39 is 6.04 Å². The summed E-state index contributed by atoms with van der Waals surface area (Å²) in [6.07, 6.45) is 0.432. The first-order chi connectivity index (χ1) is 9.88. The lowest BCUT2D eigenvalue weighted by atomic mass is 9.96. The molecule has 2 unspecified atom stereocenters. The van der Waals surface area contributed by atoms with Crippen molar-refractivity contribution >= 4 is 23.2 Å². The van der Waals surface area contributed by atoms with Crippen molar-refractivity contribution < 1.29 is 9.72 Å². The van der Waals surface area contributed by atoms with Gasteiger partial charge in [-0.25, -0.2) is 0 Å². The van der Waals surface area contributed by atoms with Gasteiger partial charge in [0.1, 0.15) is 6.07 Å². The van der Waals surface area contributed by atoms with Crippen LogP contribution in [0.4, 0.5) is 5.69 Å². The average Bonchev–Trinajstić information content (AvgIpc) is 2.38. The number of anilines is 1. The van der Waals surface area contributed by atoms with E-state index in [2.05, 4.69) is 5.32 Å². The molecule has 0 spiro atoms. The normalized spacial score (nSPS) is 13.0. The molecule has 0 saturated heterocycles. The molecule has 1 amide bonds. The zero-order chi connectivity index (χ0) is 16.0. The van der Waals surface area contributed by atoms with Crippen LogP contribution in [0, 0.1) is 27.4 Å².